The van der Waals surface area contributed by atoms with Gasteiger partial charge in [0.05, 0.1) is 11.3 Å². The van der Waals surface area contributed by atoms with Crippen molar-refractivity contribution < 1.29 is 31.4 Å². The van der Waals surface area contributed by atoms with E-state index in [1.165, 1.54) is 23.5 Å². The van der Waals surface area contributed by atoms with Crippen LogP contribution >= 0.6 is 23.1 Å². The first-order valence-electron chi connectivity index (χ1n) is 12.7. The maximum atomic E-state index is 13.8. The van der Waals surface area contributed by atoms with Gasteiger partial charge in [-0.25, -0.2) is 18.2 Å². The van der Waals surface area contributed by atoms with Crippen LogP contribution in [0.1, 0.15) is 32.5 Å². The molecule has 1 N–H and O–H groups in total. The second-order valence-electron chi connectivity index (χ2n) is 9.75. The molecular formula is C32H23F6NOS2. The molecule has 5 aromatic rings. The van der Waals surface area contributed by atoms with Crippen LogP contribution < -0.4 is 0 Å². The van der Waals surface area contributed by atoms with Gasteiger partial charge in [-0.15, -0.1) is 23.1 Å². The number of benzene rings is 4. The van der Waals surface area contributed by atoms with Crippen molar-refractivity contribution in [3.05, 3.63) is 124 Å². The minimum absolute atomic E-state index is 0.152. The largest absolute Gasteiger partial charge is 0.508 e. The van der Waals surface area contributed by atoms with Crippen LogP contribution in [0.4, 0.5) is 26.3 Å². The fraction of sp³-hybridized carbons (Fsp3) is 0.156. The average molecular weight is 616 g/mol. The Balaban J connectivity index is 1.46. The van der Waals surface area contributed by atoms with Crippen LogP contribution in [0.5, 0.6) is 5.75 Å². The Kier molecular flexibility index (Phi) is 8.39. The van der Waals surface area contributed by atoms with E-state index in [1.807, 2.05) is 31.2 Å². The van der Waals surface area contributed by atoms with E-state index in [-0.39, 0.29) is 16.6 Å². The molecule has 0 aliphatic heterocycles. The van der Waals surface area contributed by atoms with E-state index in [1.54, 1.807) is 36.9 Å². The summed E-state index contributed by atoms with van der Waals surface area (Å²) in [6.45, 7) is 3.66. The number of thiazole rings is 1. The molecule has 42 heavy (non-hydrogen) atoms. The Hall–Kier alpha value is -3.76. The van der Waals surface area contributed by atoms with Gasteiger partial charge in [-0.1, -0.05) is 36.4 Å². The molecule has 0 spiro atoms. The van der Waals surface area contributed by atoms with Crippen LogP contribution in [-0.4, -0.2) is 10.1 Å². The van der Waals surface area contributed by atoms with Gasteiger partial charge in [0.2, 0.25) is 0 Å². The lowest BCUT2D eigenvalue weighted by molar-refractivity contribution is -0.137. The predicted molar refractivity (Wildman–Crippen MR) is 154 cm³/mol. The van der Waals surface area contributed by atoms with Crippen LogP contribution in [0, 0.1) is 31.3 Å². The number of alkyl halides is 3. The Morgan fingerprint density at radius 2 is 1.43 bits per heavy atom. The summed E-state index contributed by atoms with van der Waals surface area (Å²) in [5, 5.41) is 10.4. The SMILES string of the molecule is Cc1cc(SC(Cc2ccc(-c3cc(F)c(F)c(F)c3)cc2)c2sc(-c3ccc(C(F)(F)F)cc3)nc2C)ccc1O. The summed E-state index contributed by atoms with van der Waals surface area (Å²) in [6, 6.07) is 19.2. The van der Waals surface area contributed by atoms with Crippen LogP contribution in [0.3, 0.4) is 0 Å². The van der Waals surface area contributed by atoms with E-state index in [0.717, 1.165) is 45.3 Å². The summed E-state index contributed by atoms with van der Waals surface area (Å²) in [5.74, 6) is -3.87. The summed E-state index contributed by atoms with van der Waals surface area (Å²) in [5.41, 5.74) is 2.96. The molecule has 10 heteroatoms. The van der Waals surface area contributed by atoms with Crippen molar-refractivity contribution in [2.45, 2.75) is 36.6 Å². The minimum Gasteiger partial charge on any atom is -0.508 e. The van der Waals surface area contributed by atoms with E-state index in [4.69, 9.17) is 0 Å². The molecule has 0 saturated carbocycles. The van der Waals surface area contributed by atoms with Crippen LogP contribution in [-0.2, 0) is 12.6 Å². The zero-order valence-electron chi connectivity index (χ0n) is 22.3. The summed E-state index contributed by atoms with van der Waals surface area (Å²) >= 11 is 2.97. The number of thioether (sulfide) groups is 1. The van der Waals surface area contributed by atoms with Gasteiger partial charge in [0.1, 0.15) is 10.8 Å². The van der Waals surface area contributed by atoms with Gasteiger partial charge in [-0.3, -0.25) is 0 Å². The Bertz CT molecular complexity index is 1710. The van der Waals surface area contributed by atoms with Gasteiger partial charge in [-0.2, -0.15) is 13.2 Å². The smallest absolute Gasteiger partial charge is 0.416 e. The molecule has 1 unspecified atom stereocenters. The first-order chi connectivity index (χ1) is 19.9. The van der Waals surface area contributed by atoms with Crippen LogP contribution in [0.2, 0.25) is 0 Å². The predicted octanol–water partition coefficient (Wildman–Crippen LogP) is 10.3. The molecule has 1 atom stereocenters. The molecule has 4 aromatic carbocycles. The number of halogens is 6. The fourth-order valence-electron chi connectivity index (χ4n) is 4.46. The number of aromatic nitrogens is 1. The van der Waals surface area contributed by atoms with Crippen molar-refractivity contribution >= 4 is 23.1 Å². The van der Waals surface area contributed by atoms with Gasteiger partial charge in [0.15, 0.2) is 17.5 Å². The molecule has 0 bridgehead atoms. The van der Waals surface area contributed by atoms with Crippen molar-refractivity contribution in [1.82, 2.24) is 4.98 Å². The first kappa shape index (κ1) is 29.7. The third-order valence-electron chi connectivity index (χ3n) is 6.72. The zero-order valence-corrected chi connectivity index (χ0v) is 23.9. The number of aromatic hydroxyl groups is 1. The lowest BCUT2D eigenvalue weighted by Gasteiger charge is -2.17. The maximum absolute atomic E-state index is 13.8. The molecule has 0 saturated heterocycles. The standard InChI is InChI=1S/C32H23F6NOS2/c1-17-13-24(11-12-27(17)40)41-28(14-19-3-5-20(6-4-19)22-15-25(33)29(35)26(34)16-22)30-18(2)39-31(42-30)21-7-9-23(10-8-21)32(36,37)38/h3-13,15-16,28,40H,14H2,1-2H3. The topological polar surface area (TPSA) is 33.1 Å². The third-order valence-corrected chi connectivity index (χ3v) is 9.41. The molecule has 0 aliphatic carbocycles. The normalized spacial score (nSPS) is 12.5. The number of rotatable bonds is 7. The number of aryl methyl sites for hydroxylation is 2. The number of nitrogens with zero attached hydrogens (tertiary/aromatic N) is 1. The molecule has 1 heterocycles. The van der Waals surface area contributed by atoms with Crippen molar-refractivity contribution in [3.63, 3.8) is 0 Å². The average Bonchev–Trinajstić information content (AvgIpc) is 3.34. The van der Waals surface area contributed by atoms with Crippen molar-refractivity contribution in [3.8, 4) is 27.4 Å². The second-order valence-corrected chi connectivity index (χ2v) is 12.1. The van der Waals surface area contributed by atoms with Gasteiger partial charge in [-0.05, 0) is 85.0 Å². The van der Waals surface area contributed by atoms with Gasteiger partial charge in [0.25, 0.3) is 0 Å². The monoisotopic (exact) mass is 615 g/mol. The number of hydrogen-bond acceptors (Lipinski definition) is 4. The molecule has 0 fully saturated rings. The maximum Gasteiger partial charge on any atom is 0.416 e. The van der Waals surface area contributed by atoms with Crippen molar-refractivity contribution in [1.29, 1.82) is 0 Å². The molecule has 1 aromatic heterocycles. The molecule has 5 rings (SSSR count). The van der Waals surface area contributed by atoms with Gasteiger partial charge >= 0.3 is 6.18 Å². The quantitative estimate of drug-likeness (QED) is 0.112. The first-order valence-corrected chi connectivity index (χ1v) is 14.4. The lowest BCUT2D eigenvalue weighted by atomic mass is 10.0. The highest BCUT2D eigenvalue weighted by Crippen LogP contribution is 2.44. The van der Waals surface area contributed by atoms with Crippen LogP contribution in [0.25, 0.3) is 21.7 Å². The van der Waals surface area contributed by atoms with Crippen molar-refractivity contribution in [2.24, 2.45) is 0 Å². The summed E-state index contributed by atoms with van der Waals surface area (Å²) in [4.78, 5) is 6.52. The minimum atomic E-state index is -4.43. The molecule has 0 aliphatic rings. The molecule has 2 nitrogen and oxygen atoms in total. The van der Waals surface area contributed by atoms with E-state index in [0.29, 0.717) is 28.1 Å². The highest BCUT2D eigenvalue weighted by molar-refractivity contribution is 7.99. The summed E-state index contributed by atoms with van der Waals surface area (Å²) < 4.78 is 80.1. The number of hydrogen-bond donors (Lipinski definition) is 1. The highest BCUT2D eigenvalue weighted by atomic mass is 32.2. The Morgan fingerprint density at radius 1 is 0.810 bits per heavy atom. The Labute approximate surface area is 246 Å². The van der Waals surface area contributed by atoms with Crippen molar-refractivity contribution in [2.75, 3.05) is 0 Å². The number of phenols is 1. The second kappa shape index (κ2) is 11.9. The molecule has 216 valence electrons. The van der Waals surface area contributed by atoms with E-state index >= 15 is 0 Å². The summed E-state index contributed by atoms with van der Waals surface area (Å²) in [7, 11) is 0. The zero-order chi connectivity index (χ0) is 30.2. The van der Waals surface area contributed by atoms with Crippen LogP contribution in [0.15, 0.2) is 83.8 Å². The molecule has 0 amide bonds. The highest BCUT2D eigenvalue weighted by Gasteiger charge is 2.30. The fourth-order valence-corrected chi connectivity index (χ4v) is 7.07. The summed E-state index contributed by atoms with van der Waals surface area (Å²) in [6.07, 6.45) is -3.90. The van der Waals surface area contributed by atoms with Gasteiger partial charge < -0.3 is 5.11 Å². The lowest BCUT2D eigenvalue weighted by Crippen LogP contribution is -2.03. The number of phenolic OH excluding ortho intramolecular Hbond substituents is 1. The Morgan fingerprint density at radius 3 is 2.02 bits per heavy atom. The molecule has 0 radical (unpaired) electrons. The van der Waals surface area contributed by atoms with E-state index < -0.39 is 29.2 Å². The molecular weight excluding hydrogens is 592 g/mol. The van der Waals surface area contributed by atoms with Gasteiger partial charge in [0, 0.05) is 20.6 Å². The third kappa shape index (κ3) is 6.50. The van der Waals surface area contributed by atoms with E-state index in [2.05, 4.69) is 4.98 Å². The van der Waals surface area contributed by atoms with E-state index in [9.17, 15) is 31.4 Å².